The Morgan fingerprint density at radius 3 is 2.75 bits per heavy atom. The molecule has 20 heavy (non-hydrogen) atoms. The van der Waals surface area contributed by atoms with Gasteiger partial charge in [0.15, 0.2) is 0 Å². The van der Waals surface area contributed by atoms with Gasteiger partial charge in [0, 0.05) is 24.7 Å². The first-order chi connectivity index (χ1) is 9.65. The number of hydrogen-bond donors (Lipinski definition) is 2. The monoisotopic (exact) mass is 290 g/mol. The van der Waals surface area contributed by atoms with Crippen LogP contribution in [-0.2, 0) is 6.42 Å². The number of carbonyl (C=O) groups excluding carboxylic acids is 1. The number of rotatable bonds is 5. The molecule has 0 radical (unpaired) electrons. The minimum Gasteiger partial charge on any atom is -0.391 e. The first-order valence-electron chi connectivity index (χ1n) is 6.27. The van der Waals surface area contributed by atoms with Crippen molar-refractivity contribution in [1.82, 2.24) is 10.3 Å². The number of hydrogen-bond acceptors (Lipinski definition) is 3. The maximum absolute atomic E-state index is 11.8. The van der Waals surface area contributed by atoms with Gasteiger partial charge in [-0.05, 0) is 17.7 Å². The number of aliphatic hydroxyl groups excluding tert-OH is 1. The van der Waals surface area contributed by atoms with Gasteiger partial charge in [0.2, 0.25) is 0 Å². The Balaban J connectivity index is 1.84. The lowest BCUT2D eigenvalue weighted by atomic mass is 10.1. The Hall–Kier alpha value is -1.91. The van der Waals surface area contributed by atoms with Crippen LogP contribution in [0.15, 0.2) is 48.7 Å². The summed E-state index contributed by atoms with van der Waals surface area (Å²) >= 11 is 5.72. The molecule has 1 atom stereocenters. The fraction of sp³-hybridized carbons (Fsp3) is 0.200. The van der Waals surface area contributed by atoms with Crippen LogP contribution in [0, 0.1) is 0 Å². The van der Waals surface area contributed by atoms with E-state index in [2.05, 4.69) is 10.3 Å². The molecule has 1 heterocycles. The second kappa shape index (κ2) is 7.03. The summed E-state index contributed by atoms with van der Waals surface area (Å²) in [4.78, 5) is 15.7. The van der Waals surface area contributed by atoms with Crippen molar-refractivity contribution in [2.24, 2.45) is 0 Å². The highest BCUT2D eigenvalue weighted by Gasteiger charge is 2.10. The van der Waals surface area contributed by atoms with Crippen LogP contribution in [0.2, 0.25) is 5.15 Å². The number of halogens is 1. The molecule has 2 rings (SSSR count). The van der Waals surface area contributed by atoms with E-state index in [-0.39, 0.29) is 17.6 Å². The summed E-state index contributed by atoms with van der Waals surface area (Å²) in [6.07, 6.45) is 1.34. The fourth-order valence-corrected chi connectivity index (χ4v) is 1.99. The summed E-state index contributed by atoms with van der Waals surface area (Å²) in [6, 6.07) is 12.7. The van der Waals surface area contributed by atoms with Crippen LogP contribution in [0.5, 0.6) is 0 Å². The highest BCUT2D eigenvalue weighted by atomic mass is 35.5. The quantitative estimate of drug-likeness (QED) is 0.829. The molecule has 104 valence electrons. The number of amides is 1. The Kier molecular flexibility index (Phi) is 5.09. The predicted octanol–water partition coefficient (Wildman–Crippen LogP) is 2.07. The molecule has 0 unspecified atom stereocenters. The standard InChI is InChI=1S/C15H15ClN2O2/c16-14-9-12(6-7-17-14)15(20)18-10-13(19)8-11-4-2-1-3-5-11/h1-7,9,13,19H,8,10H2,(H,18,20)/t13-/m0/s1. The van der Waals surface area contributed by atoms with E-state index in [4.69, 9.17) is 11.6 Å². The maximum atomic E-state index is 11.8. The zero-order chi connectivity index (χ0) is 14.4. The Bertz CT molecular complexity index is 575. The average molecular weight is 291 g/mol. The molecule has 0 bridgehead atoms. The highest BCUT2D eigenvalue weighted by Crippen LogP contribution is 2.07. The van der Waals surface area contributed by atoms with Gasteiger partial charge in [0.05, 0.1) is 6.10 Å². The van der Waals surface area contributed by atoms with Crippen LogP contribution in [0.1, 0.15) is 15.9 Å². The van der Waals surface area contributed by atoms with Crippen molar-refractivity contribution in [3.63, 3.8) is 0 Å². The number of nitrogens with zero attached hydrogens (tertiary/aromatic N) is 1. The van der Waals surface area contributed by atoms with E-state index in [0.717, 1.165) is 5.56 Å². The second-order valence-corrected chi connectivity index (χ2v) is 4.81. The van der Waals surface area contributed by atoms with E-state index in [1.165, 1.54) is 12.3 Å². The zero-order valence-corrected chi connectivity index (χ0v) is 11.5. The normalized spacial score (nSPS) is 11.9. The van der Waals surface area contributed by atoms with Gasteiger partial charge >= 0.3 is 0 Å². The number of aromatic nitrogens is 1. The van der Waals surface area contributed by atoms with Crippen molar-refractivity contribution < 1.29 is 9.90 Å². The number of pyridine rings is 1. The van der Waals surface area contributed by atoms with Gasteiger partial charge < -0.3 is 10.4 Å². The number of carbonyl (C=O) groups is 1. The molecule has 0 saturated heterocycles. The number of benzene rings is 1. The Morgan fingerprint density at radius 1 is 1.30 bits per heavy atom. The van der Waals surface area contributed by atoms with Gasteiger partial charge in [0.1, 0.15) is 5.15 Å². The Labute approximate surface area is 122 Å². The molecule has 1 aromatic carbocycles. The minimum atomic E-state index is -0.626. The lowest BCUT2D eigenvalue weighted by Crippen LogP contribution is -2.33. The Morgan fingerprint density at radius 2 is 2.05 bits per heavy atom. The summed E-state index contributed by atoms with van der Waals surface area (Å²) < 4.78 is 0. The van der Waals surface area contributed by atoms with Crippen LogP contribution in [0.3, 0.4) is 0 Å². The predicted molar refractivity (Wildman–Crippen MR) is 77.7 cm³/mol. The van der Waals surface area contributed by atoms with Crippen molar-refractivity contribution in [2.75, 3.05) is 6.54 Å². The van der Waals surface area contributed by atoms with Crippen molar-refractivity contribution in [1.29, 1.82) is 0 Å². The maximum Gasteiger partial charge on any atom is 0.251 e. The third-order valence-corrected chi connectivity index (χ3v) is 3.01. The first kappa shape index (κ1) is 14.5. The minimum absolute atomic E-state index is 0.188. The molecule has 4 nitrogen and oxygen atoms in total. The number of aliphatic hydroxyl groups is 1. The summed E-state index contributed by atoms with van der Waals surface area (Å²) in [6.45, 7) is 0.188. The van der Waals surface area contributed by atoms with E-state index >= 15 is 0 Å². The second-order valence-electron chi connectivity index (χ2n) is 4.42. The third-order valence-electron chi connectivity index (χ3n) is 2.80. The topological polar surface area (TPSA) is 62.2 Å². The highest BCUT2D eigenvalue weighted by molar-refractivity contribution is 6.29. The van der Waals surface area contributed by atoms with E-state index in [0.29, 0.717) is 12.0 Å². The van der Waals surface area contributed by atoms with E-state index < -0.39 is 6.10 Å². The number of nitrogens with one attached hydrogen (secondary N) is 1. The van der Waals surface area contributed by atoms with Crippen LogP contribution in [0.25, 0.3) is 0 Å². The van der Waals surface area contributed by atoms with Crippen molar-refractivity contribution >= 4 is 17.5 Å². The van der Waals surface area contributed by atoms with E-state index in [1.54, 1.807) is 6.07 Å². The molecule has 0 aliphatic rings. The van der Waals surface area contributed by atoms with Gasteiger partial charge in [0.25, 0.3) is 5.91 Å². The molecular weight excluding hydrogens is 276 g/mol. The van der Waals surface area contributed by atoms with Gasteiger partial charge in [-0.25, -0.2) is 4.98 Å². The van der Waals surface area contributed by atoms with Crippen LogP contribution in [-0.4, -0.2) is 28.6 Å². The molecule has 2 aromatic rings. The molecule has 5 heteroatoms. The van der Waals surface area contributed by atoms with E-state index in [9.17, 15) is 9.90 Å². The fourth-order valence-electron chi connectivity index (χ4n) is 1.81. The largest absolute Gasteiger partial charge is 0.391 e. The lowest BCUT2D eigenvalue weighted by Gasteiger charge is -2.12. The van der Waals surface area contributed by atoms with Crippen molar-refractivity contribution in [3.05, 3.63) is 64.9 Å². The summed E-state index contributed by atoms with van der Waals surface area (Å²) in [5.41, 5.74) is 1.46. The van der Waals surface area contributed by atoms with Gasteiger partial charge in [-0.2, -0.15) is 0 Å². The van der Waals surface area contributed by atoms with Crippen LogP contribution in [0.4, 0.5) is 0 Å². The summed E-state index contributed by atoms with van der Waals surface area (Å²) in [7, 11) is 0. The van der Waals surface area contributed by atoms with Crippen molar-refractivity contribution in [3.8, 4) is 0 Å². The molecule has 0 saturated carbocycles. The first-order valence-corrected chi connectivity index (χ1v) is 6.64. The van der Waals surface area contributed by atoms with E-state index in [1.807, 2.05) is 30.3 Å². The molecule has 1 amide bonds. The van der Waals surface area contributed by atoms with Crippen LogP contribution < -0.4 is 5.32 Å². The van der Waals surface area contributed by atoms with Gasteiger partial charge in [-0.15, -0.1) is 0 Å². The molecule has 0 spiro atoms. The smallest absolute Gasteiger partial charge is 0.251 e. The third kappa shape index (κ3) is 4.33. The van der Waals surface area contributed by atoms with Gasteiger partial charge in [-0.1, -0.05) is 41.9 Å². The molecule has 2 N–H and O–H groups in total. The average Bonchev–Trinajstić information content (AvgIpc) is 2.46. The van der Waals surface area contributed by atoms with Crippen LogP contribution >= 0.6 is 11.6 Å². The SMILES string of the molecule is O=C(NC[C@@H](O)Cc1ccccc1)c1ccnc(Cl)c1. The zero-order valence-electron chi connectivity index (χ0n) is 10.8. The molecular formula is C15H15ClN2O2. The molecule has 0 aliphatic carbocycles. The van der Waals surface area contributed by atoms with Crippen molar-refractivity contribution in [2.45, 2.75) is 12.5 Å². The lowest BCUT2D eigenvalue weighted by molar-refractivity contribution is 0.0916. The molecule has 0 fully saturated rings. The van der Waals surface area contributed by atoms with Gasteiger partial charge in [-0.3, -0.25) is 4.79 Å². The summed E-state index contributed by atoms with van der Waals surface area (Å²) in [5, 5.41) is 12.8. The summed E-state index contributed by atoms with van der Waals surface area (Å²) in [5.74, 6) is -0.276. The molecule has 0 aliphatic heterocycles. The molecule has 1 aromatic heterocycles.